The van der Waals surface area contributed by atoms with E-state index in [9.17, 15) is 0 Å². The lowest BCUT2D eigenvalue weighted by atomic mass is 10.1. The minimum Gasteiger partial charge on any atom is -0.371 e. The predicted molar refractivity (Wildman–Crippen MR) is 131 cm³/mol. The molecule has 0 spiro atoms. The largest absolute Gasteiger partial charge is 0.371 e. The van der Waals surface area contributed by atoms with E-state index in [-0.39, 0.29) is 6.10 Å². The van der Waals surface area contributed by atoms with E-state index in [1.54, 1.807) is 0 Å². The Labute approximate surface area is 196 Å². The monoisotopic (exact) mass is 445 g/mol. The van der Waals surface area contributed by atoms with Crippen molar-refractivity contribution >= 4 is 11.0 Å². The van der Waals surface area contributed by atoms with E-state index in [0.29, 0.717) is 0 Å². The highest BCUT2D eigenvalue weighted by atomic mass is 16.5. The van der Waals surface area contributed by atoms with E-state index >= 15 is 0 Å². The molecule has 1 aliphatic carbocycles. The van der Waals surface area contributed by atoms with Gasteiger partial charge in [0, 0.05) is 32.0 Å². The molecule has 0 aliphatic heterocycles. The van der Waals surface area contributed by atoms with Gasteiger partial charge in [0.15, 0.2) is 0 Å². The first-order chi connectivity index (χ1) is 16.3. The molecule has 1 unspecified atom stereocenters. The van der Waals surface area contributed by atoms with Crippen LogP contribution in [-0.2, 0) is 11.2 Å². The fourth-order valence-electron chi connectivity index (χ4n) is 4.58. The Morgan fingerprint density at radius 3 is 2.42 bits per heavy atom. The fraction of sp³-hybridized carbons (Fsp3) is 0.481. The summed E-state index contributed by atoms with van der Waals surface area (Å²) in [6, 6.07) is 16.5. The highest BCUT2D eigenvalue weighted by Gasteiger charge is 2.24. The van der Waals surface area contributed by atoms with Crippen LogP contribution >= 0.6 is 0 Å². The molecule has 33 heavy (non-hydrogen) atoms. The number of unbranched alkanes of at least 4 members (excludes halogenated alkanes) is 1. The van der Waals surface area contributed by atoms with Crippen LogP contribution in [0.5, 0.6) is 0 Å². The number of hydrogen-bond donors (Lipinski definition) is 0. The zero-order chi connectivity index (χ0) is 22.5. The van der Waals surface area contributed by atoms with Gasteiger partial charge in [0.2, 0.25) is 0 Å². The first-order valence-corrected chi connectivity index (χ1v) is 12.5. The maximum Gasteiger partial charge on any atom is 0.107 e. The van der Waals surface area contributed by atoms with Crippen molar-refractivity contribution in [3.8, 4) is 0 Å². The van der Waals surface area contributed by atoms with Crippen molar-refractivity contribution in [2.75, 3.05) is 26.2 Å². The molecule has 6 nitrogen and oxygen atoms in total. The van der Waals surface area contributed by atoms with E-state index in [1.165, 1.54) is 45.3 Å². The van der Waals surface area contributed by atoms with E-state index < -0.39 is 0 Å². The van der Waals surface area contributed by atoms with Crippen molar-refractivity contribution in [1.29, 1.82) is 0 Å². The Balaban J connectivity index is 1.22. The van der Waals surface area contributed by atoms with Gasteiger partial charge in [-0.05, 0) is 87.5 Å². The number of pyridine rings is 2. The van der Waals surface area contributed by atoms with Gasteiger partial charge < -0.3 is 9.64 Å². The molecule has 1 atom stereocenters. The van der Waals surface area contributed by atoms with Crippen LogP contribution in [-0.4, -0.2) is 50.4 Å². The molecule has 0 amide bonds. The van der Waals surface area contributed by atoms with Crippen LogP contribution in [0.2, 0.25) is 0 Å². The molecule has 1 aliphatic rings. The Bertz CT molecular complexity index is 1100. The van der Waals surface area contributed by atoms with Crippen LogP contribution in [0.4, 0.5) is 0 Å². The van der Waals surface area contributed by atoms with E-state index in [4.69, 9.17) is 14.9 Å². The second kappa shape index (κ2) is 10.5. The minimum atomic E-state index is -0.104. The van der Waals surface area contributed by atoms with Gasteiger partial charge >= 0.3 is 0 Å². The van der Waals surface area contributed by atoms with Gasteiger partial charge in [0.1, 0.15) is 6.10 Å². The second-order valence-corrected chi connectivity index (χ2v) is 9.36. The summed E-state index contributed by atoms with van der Waals surface area (Å²) in [5.74, 6) is 0.956. The zero-order valence-corrected chi connectivity index (χ0v) is 19.6. The Hall–Kier alpha value is -2.70. The van der Waals surface area contributed by atoms with Crippen molar-refractivity contribution in [3.63, 3.8) is 0 Å². The summed E-state index contributed by atoms with van der Waals surface area (Å²) >= 11 is 0. The molecule has 1 saturated carbocycles. The summed E-state index contributed by atoms with van der Waals surface area (Å²) in [6.07, 6.45) is 10.9. The maximum absolute atomic E-state index is 6.45. The molecular weight excluding hydrogens is 410 g/mol. The lowest BCUT2D eigenvalue weighted by Crippen LogP contribution is -2.28. The average molecular weight is 446 g/mol. The number of aromatic nitrogens is 4. The molecule has 0 aromatic carbocycles. The van der Waals surface area contributed by atoms with Crippen LogP contribution in [0, 0.1) is 5.92 Å². The highest BCUT2D eigenvalue weighted by molar-refractivity contribution is 5.49. The number of rotatable bonds is 13. The third-order valence-corrected chi connectivity index (χ3v) is 6.47. The van der Waals surface area contributed by atoms with Crippen LogP contribution < -0.4 is 0 Å². The van der Waals surface area contributed by atoms with Crippen LogP contribution in [0.25, 0.3) is 11.0 Å². The number of nitrogens with zero attached hydrogens (tertiary/aromatic N) is 5. The lowest BCUT2D eigenvalue weighted by Gasteiger charge is -2.21. The Kier molecular flexibility index (Phi) is 7.03. The van der Waals surface area contributed by atoms with Crippen LogP contribution in [0.15, 0.2) is 60.9 Å². The van der Waals surface area contributed by atoms with E-state index in [0.717, 1.165) is 47.8 Å². The number of fused-ring (bicyclic) bond motifs is 2. The summed E-state index contributed by atoms with van der Waals surface area (Å²) in [5, 5.41) is 9.55. The van der Waals surface area contributed by atoms with Crippen molar-refractivity contribution in [1.82, 2.24) is 24.1 Å². The van der Waals surface area contributed by atoms with E-state index in [1.807, 2.05) is 45.7 Å². The maximum atomic E-state index is 6.45. The minimum absolute atomic E-state index is 0.104. The highest BCUT2D eigenvalue weighted by Crippen LogP contribution is 2.30. The molecule has 174 valence electrons. The SMILES string of the molecule is CCCN(CCCCOC(Cc1cc2ccccn2n1)c1cc2ccccn2n1)CC1CC1. The molecule has 4 aromatic heterocycles. The molecule has 6 heteroatoms. The molecule has 0 saturated heterocycles. The third kappa shape index (κ3) is 5.81. The number of ether oxygens (including phenoxy) is 1. The normalized spacial score (nSPS) is 15.1. The summed E-state index contributed by atoms with van der Waals surface area (Å²) in [6.45, 7) is 6.71. The van der Waals surface area contributed by atoms with Gasteiger partial charge in [-0.15, -0.1) is 0 Å². The fourth-order valence-corrected chi connectivity index (χ4v) is 4.58. The van der Waals surface area contributed by atoms with Gasteiger partial charge in [-0.1, -0.05) is 19.1 Å². The molecule has 0 bridgehead atoms. The van der Waals surface area contributed by atoms with Crippen molar-refractivity contribution in [3.05, 3.63) is 72.3 Å². The molecule has 0 radical (unpaired) electrons. The first-order valence-electron chi connectivity index (χ1n) is 12.5. The molecule has 0 N–H and O–H groups in total. The van der Waals surface area contributed by atoms with Crippen molar-refractivity contribution in [2.24, 2.45) is 5.92 Å². The van der Waals surface area contributed by atoms with E-state index in [2.05, 4.69) is 36.1 Å². The molecule has 5 rings (SSSR count). The van der Waals surface area contributed by atoms with Crippen molar-refractivity contribution < 1.29 is 4.74 Å². The number of hydrogen-bond acceptors (Lipinski definition) is 4. The Morgan fingerprint density at radius 1 is 0.970 bits per heavy atom. The average Bonchev–Trinajstić information content (AvgIpc) is 3.38. The van der Waals surface area contributed by atoms with Crippen molar-refractivity contribution in [2.45, 2.75) is 51.6 Å². The topological polar surface area (TPSA) is 47.1 Å². The zero-order valence-electron chi connectivity index (χ0n) is 19.6. The summed E-state index contributed by atoms with van der Waals surface area (Å²) in [5.41, 5.74) is 4.20. The van der Waals surface area contributed by atoms with Gasteiger partial charge in [0.25, 0.3) is 0 Å². The third-order valence-electron chi connectivity index (χ3n) is 6.47. The van der Waals surface area contributed by atoms with Gasteiger partial charge in [-0.3, -0.25) is 0 Å². The second-order valence-electron chi connectivity index (χ2n) is 9.36. The summed E-state index contributed by atoms with van der Waals surface area (Å²) in [7, 11) is 0. The smallest absolute Gasteiger partial charge is 0.107 e. The lowest BCUT2D eigenvalue weighted by molar-refractivity contribution is 0.0453. The van der Waals surface area contributed by atoms with Gasteiger partial charge in [-0.2, -0.15) is 10.2 Å². The molecule has 1 fully saturated rings. The van der Waals surface area contributed by atoms with Crippen LogP contribution in [0.1, 0.15) is 56.5 Å². The summed E-state index contributed by atoms with van der Waals surface area (Å²) in [4.78, 5) is 2.65. The first kappa shape index (κ1) is 22.1. The molecular formula is C27H35N5O. The molecule has 4 heterocycles. The molecule has 4 aromatic rings. The van der Waals surface area contributed by atoms with Gasteiger partial charge in [0.05, 0.1) is 22.4 Å². The standard InChI is InChI=1S/C27H35N5O/c1-2-13-30(21-22-11-12-22)14-7-8-17-33-27(26-20-25-10-4-6-16-32(25)29-26)19-23-18-24-9-3-5-15-31(24)28-23/h3-6,9-10,15-16,18,20,22,27H,2,7-8,11-14,17,19,21H2,1H3. The quantitative estimate of drug-likeness (QED) is 0.266. The Morgan fingerprint density at radius 2 is 1.73 bits per heavy atom. The van der Waals surface area contributed by atoms with Crippen LogP contribution in [0.3, 0.4) is 0 Å². The predicted octanol–water partition coefficient (Wildman–Crippen LogP) is 5.18. The van der Waals surface area contributed by atoms with Gasteiger partial charge in [-0.25, -0.2) is 9.03 Å². The summed E-state index contributed by atoms with van der Waals surface area (Å²) < 4.78 is 10.3.